The lowest BCUT2D eigenvalue weighted by atomic mass is 10.1. The fraction of sp³-hybridized carbons (Fsp3) is 0.154. The zero-order valence-corrected chi connectivity index (χ0v) is 9.28. The average Bonchev–Trinajstić information content (AvgIpc) is 2.38. The molecular weight excluding hydrogens is 243 g/mol. The molecule has 0 saturated heterocycles. The van der Waals surface area contributed by atoms with E-state index in [1.165, 1.54) is 6.07 Å². The van der Waals surface area contributed by atoms with Crippen molar-refractivity contribution < 1.29 is 18.3 Å². The number of benzene rings is 1. The van der Waals surface area contributed by atoms with Gasteiger partial charge in [0.25, 0.3) is 0 Å². The Hall–Kier alpha value is -1.88. The van der Waals surface area contributed by atoms with Crippen LogP contribution in [0.1, 0.15) is 11.3 Å². The molecule has 0 atom stereocenters. The Balaban J connectivity index is 2.49. The zero-order chi connectivity index (χ0) is 13.2. The molecule has 1 N–H and O–H groups in total. The molecule has 0 fully saturated rings. The van der Waals surface area contributed by atoms with E-state index < -0.39 is 18.3 Å². The van der Waals surface area contributed by atoms with Crippen LogP contribution in [0.2, 0.25) is 0 Å². The second-order valence-electron chi connectivity index (χ2n) is 3.71. The molecule has 1 aromatic heterocycles. The van der Waals surface area contributed by atoms with Gasteiger partial charge in [0.15, 0.2) is 0 Å². The Labute approximate surface area is 102 Å². The van der Waals surface area contributed by atoms with Crippen molar-refractivity contribution in [2.24, 2.45) is 0 Å². The van der Waals surface area contributed by atoms with Crippen molar-refractivity contribution in [3.63, 3.8) is 0 Å². The van der Waals surface area contributed by atoms with Crippen molar-refractivity contribution in [1.82, 2.24) is 4.98 Å². The summed E-state index contributed by atoms with van der Waals surface area (Å²) in [5.41, 5.74) is -0.137. The molecule has 0 spiro atoms. The van der Waals surface area contributed by atoms with Gasteiger partial charge in [-0.15, -0.1) is 0 Å². The van der Waals surface area contributed by atoms with Crippen LogP contribution in [0.3, 0.4) is 0 Å². The van der Waals surface area contributed by atoms with E-state index in [-0.39, 0.29) is 5.69 Å². The summed E-state index contributed by atoms with van der Waals surface area (Å²) in [7, 11) is 0. The number of aliphatic hydroxyl groups is 1. The van der Waals surface area contributed by atoms with E-state index in [4.69, 9.17) is 5.11 Å². The third-order valence-corrected chi connectivity index (χ3v) is 2.50. The van der Waals surface area contributed by atoms with Gasteiger partial charge in [-0.25, -0.2) is 4.98 Å². The van der Waals surface area contributed by atoms with Crippen LogP contribution in [-0.4, -0.2) is 10.1 Å². The molecular formula is C13H10F3NO. The summed E-state index contributed by atoms with van der Waals surface area (Å²) in [6.07, 6.45) is -4.50. The molecule has 2 rings (SSSR count). The molecule has 0 radical (unpaired) electrons. The van der Waals surface area contributed by atoms with Crippen molar-refractivity contribution in [2.75, 3.05) is 0 Å². The zero-order valence-electron chi connectivity index (χ0n) is 9.28. The van der Waals surface area contributed by atoms with E-state index in [1.807, 2.05) is 0 Å². The molecule has 18 heavy (non-hydrogen) atoms. The third kappa shape index (κ3) is 2.51. The lowest BCUT2D eigenvalue weighted by molar-refractivity contribution is -0.139. The number of rotatable bonds is 2. The van der Waals surface area contributed by atoms with Gasteiger partial charge in [0.2, 0.25) is 0 Å². The Bertz CT molecular complexity index is 538. The van der Waals surface area contributed by atoms with Crippen molar-refractivity contribution in [3.05, 3.63) is 53.7 Å². The Morgan fingerprint density at radius 2 is 1.67 bits per heavy atom. The maximum Gasteiger partial charge on any atom is 0.418 e. The first-order valence-electron chi connectivity index (χ1n) is 5.26. The molecule has 94 valence electrons. The standard InChI is InChI=1S/C13H10F3NO/c14-13(15,16)10-6-7-11(17-12(10)8-18)9-4-2-1-3-5-9/h1-7,18H,8H2. The first kappa shape index (κ1) is 12.6. The molecule has 0 aliphatic heterocycles. The van der Waals surface area contributed by atoms with Crippen LogP contribution in [0.4, 0.5) is 13.2 Å². The minimum absolute atomic E-state index is 0.358. The van der Waals surface area contributed by atoms with Crippen LogP contribution >= 0.6 is 0 Å². The van der Waals surface area contributed by atoms with E-state index in [0.29, 0.717) is 11.3 Å². The molecule has 0 aliphatic carbocycles. The number of hydrogen-bond donors (Lipinski definition) is 1. The van der Waals surface area contributed by atoms with Crippen LogP contribution in [0.15, 0.2) is 42.5 Å². The second kappa shape index (κ2) is 4.78. The fourth-order valence-corrected chi connectivity index (χ4v) is 1.65. The summed E-state index contributed by atoms with van der Waals surface area (Å²) in [5, 5.41) is 8.99. The highest BCUT2D eigenvalue weighted by molar-refractivity contribution is 5.59. The van der Waals surface area contributed by atoms with Gasteiger partial charge < -0.3 is 5.11 Å². The molecule has 0 unspecified atom stereocenters. The topological polar surface area (TPSA) is 33.1 Å². The van der Waals surface area contributed by atoms with Gasteiger partial charge in [-0.2, -0.15) is 13.2 Å². The van der Waals surface area contributed by atoms with E-state index in [9.17, 15) is 13.2 Å². The summed E-state index contributed by atoms with van der Waals surface area (Å²) in [5.74, 6) is 0. The van der Waals surface area contributed by atoms with Crippen molar-refractivity contribution in [2.45, 2.75) is 12.8 Å². The highest BCUT2D eigenvalue weighted by Gasteiger charge is 2.33. The maximum absolute atomic E-state index is 12.6. The van der Waals surface area contributed by atoms with E-state index >= 15 is 0 Å². The summed E-state index contributed by atoms with van der Waals surface area (Å²) < 4.78 is 37.9. The SMILES string of the molecule is OCc1nc(-c2ccccc2)ccc1C(F)(F)F. The summed E-state index contributed by atoms with van der Waals surface area (Å²) in [6, 6.07) is 11.1. The Kier molecular flexibility index (Phi) is 3.34. The summed E-state index contributed by atoms with van der Waals surface area (Å²) >= 11 is 0. The molecule has 5 heteroatoms. The van der Waals surface area contributed by atoms with Gasteiger partial charge in [-0.3, -0.25) is 0 Å². The van der Waals surface area contributed by atoms with Crippen LogP contribution in [0.5, 0.6) is 0 Å². The quantitative estimate of drug-likeness (QED) is 0.891. The average molecular weight is 253 g/mol. The Morgan fingerprint density at radius 3 is 2.22 bits per heavy atom. The van der Waals surface area contributed by atoms with Crippen LogP contribution in [0.25, 0.3) is 11.3 Å². The van der Waals surface area contributed by atoms with Crippen molar-refractivity contribution in [1.29, 1.82) is 0 Å². The van der Waals surface area contributed by atoms with E-state index in [0.717, 1.165) is 6.07 Å². The van der Waals surface area contributed by atoms with Gasteiger partial charge >= 0.3 is 6.18 Å². The number of hydrogen-bond acceptors (Lipinski definition) is 2. The van der Waals surface area contributed by atoms with E-state index in [2.05, 4.69) is 4.98 Å². The van der Waals surface area contributed by atoms with Gasteiger partial charge in [-0.1, -0.05) is 30.3 Å². The summed E-state index contributed by atoms with van der Waals surface area (Å²) in [4.78, 5) is 3.86. The molecule has 0 aliphatic rings. The molecule has 0 amide bonds. The van der Waals surface area contributed by atoms with Gasteiger partial charge in [-0.05, 0) is 12.1 Å². The first-order chi connectivity index (χ1) is 8.52. The monoisotopic (exact) mass is 253 g/mol. The summed E-state index contributed by atoms with van der Waals surface area (Å²) in [6.45, 7) is -0.741. The number of aliphatic hydroxyl groups excluding tert-OH is 1. The maximum atomic E-state index is 12.6. The lowest BCUT2D eigenvalue weighted by Crippen LogP contribution is -2.11. The van der Waals surface area contributed by atoms with E-state index in [1.54, 1.807) is 30.3 Å². The predicted octanol–water partition coefficient (Wildman–Crippen LogP) is 3.26. The number of nitrogens with zero attached hydrogens (tertiary/aromatic N) is 1. The third-order valence-electron chi connectivity index (χ3n) is 2.50. The second-order valence-corrected chi connectivity index (χ2v) is 3.71. The Morgan fingerprint density at radius 1 is 1.00 bits per heavy atom. The number of halogens is 3. The van der Waals surface area contributed by atoms with Crippen molar-refractivity contribution in [3.8, 4) is 11.3 Å². The minimum Gasteiger partial charge on any atom is -0.390 e. The van der Waals surface area contributed by atoms with Crippen molar-refractivity contribution >= 4 is 0 Å². The molecule has 1 aromatic carbocycles. The number of alkyl halides is 3. The van der Waals surface area contributed by atoms with Gasteiger partial charge in [0.05, 0.1) is 23.6 Å². The molecule has 2 nitrogen and oxygen atoms in total. The molecule has 1 heterocycles. The minimum atomic E-state index is -4.50. The lowest BCUT2D eigenvalue weighted by Gasteiger charge is -2.12. The number of pyridine rings is 1. The highest BCUT2D eigenvalue weighted by atomic mass is 19.4. The number of aromatic nitrogens is 1. The van der Waals surface area contributed by atoms with Crippen LogP contribution in [0, 0.1) is 0 Å². The molecule has 2 aromatic rings. The van der Waals surface area contributed by atoms with Crippen LogP contribution < -0.4 is 0 Å². The molecule has 0 saturated carbocycles. The van der Waals surface area contributed by atoms with Gasteiger partial charge in [0, 0.05) is 5.56 Å². The molecule has 0 bridgehead atoms. The normalized spacial score (nSPS) is 11.6. The largest absolute Gasteiger partial charge is 0.418 e. The smallest absolute Gasteiger partial charge is 0.390 e. The predicted molar refractivity (Wildman–Crippen MR) is 60.6 cm³/mol. The fourth-order valence-electron chi connectivity index (χ4n) is 1.65. The highest BCUT2D eigenvalue weighted by Crippen LogP contribution is 2.32. The van der Waals surface area contributed by atoms with Gasteiger partial charge in [0.1, 0.15) is 0 Å². The first-order valence-corrected chi connectivity index (χ1v) is 5.26. The van der Waals surface area contributed by atoms with Crippen LogP contribution in [-0.2, 0) is 12.8 Å².